The minimum atomic E-state index is -1.03. The zero-order valence-corrected chi connectivity index (χ0v) is 12.3. The minimum absolute atomic E-state index is 0.000750. The predicted octanol–water partition coefficient (Wildman–Crippen LogP) is 0.502. The van der Waals surface area contributed by atoms with E-state index in [4.69, 9.17) is 5.11 Å². The lowest BCUT2D eigenvalue weighted by Gasteiger charge is -2.28. The molecule has 0 atom stereocenters. The number of carbonyl (C=O) groups excluding carboxylic acids is 2. The highest BCUT2D eigenvalue weighted by atomic mass is 16.4. The van der Waals surface area contributed by atoms with E-state index in [1.54, 1.807) is 6.92 Å². The quantitative estimate of drug-likeness (QED) is 0.713. The van der Waals surface area contributed by atoms with Crippen molar-refractivity contribution in [2.24, 2.45) is 0 Å². The van der Waals surface area contributed by atoms with Gasteiger partial charge in [-0.1, -0.05) is 0 Å². The molecule has 0 aromatic heterocycles. The van der Waals surface area contributed by atoms with Gasteiger partial charge < -0.3 is 20.2 Å². The van der Waals surface area contributed by atoms with E-state index in [2.05, 4.69) is 5.32 Å². The highest BCUT2D eigenvalue weighted by Crippen LogP contribution is 2.27. The number of rotatable bonds is 7. The third kappa shape index (κ3) is 5.07. The van der Waals surface area contributed by atoms with E-state index in [1.807, 2.05) is 13.8 Å². The summed E-state index contributed by atoms with van der Waals surface area (Å²) in [6.07, 6.45) is 1.66. The van der Waals surface area contributed by atoms with E-state index in [-0.39, 0.29) is 37.1 Å². The topological polar surface area (TPSA) is 90.0 Å². The highest BCUT2D eigenvalue weighted by molar-refractivity contribution is 5.86. The summed E-state index contributed by atoms with van der Waals surface area (Å²) in [4.78, 5) is 37.6. The molecule has 0 radical (unpaired) electrons. The first-order valence-corrected chi connectivity index (χ1v) is 6.91. The first kappa shape index (κ1) is 16.3. The van der Waals surface area contributed by atoms with Crippen LogP contribution in [0.25, 0.3) is 0 Å². The molecule has 1 saturated carbocycles. The summed E-state index contributed by atoms with van der Waals surface area (Å²) in [5.74, 6) is -1.27. The molecule has 0 saturated heterocycles. The van der Waals surface area contributed by atoms with Crippen molar-refractivity contribution in [2.75, 3.05) is 19.6 Å². The third-order valence-electron chi connectivity index (χ3n) is 2.98. The first-order valence-electron chi connectivity index (χ1n) is 6.91. The first-order chi connectivity index (χ1) is 9.35. The van der Waals surface area contributed by atoms with Crippen LogP contribution in [-0.2, 0) is 9.59 Å². The van der Waals surface area contributed by atoms with E-state index >= 15 is 0 Å². The number of carboxylic acid groups (broad SMARTS) is 1. The molecule has 2 N–H and O–H groups in total. The number of nitrogens with zero attached hydrogens (tertiary/aromatic N) is 2. The predicted molar refractivity (Wildman–Crippen MR) is 73.3 cm³/mol. The number of nitrogens with one attached hydrogen (secondary N) is 1. The Labute approximate surface area is 118 Å². The van der Waals surface area contributed by atoms with Gasteiger partial charge in [-0.15, -0.1) is 0 Å². The Bertz CT molecular complexity index is 380. The van der Waals surface area contributed by atoms with Gasteiger partial charge >= 0.3 is 12.0 Å². The van der Waals surface area contributed by atoms with Crippen LogP contribution in [0, 0.1) is 0 Å². The van der Waals surface area contributed by atoms with Crippen LogP contribution in [-0.4, -0.2) is 64.5 Å². The molecule has 1 aliphatic rings. The average molecular weight is 285 g/mol. The third-order valence-corrected chi connectivity index (χ3v) is 2.98. The van der Waals surface area contributed by atoms with Crippen molar-refractivity contribution >= 4 is 17.9 Å². The molecule has 1 fully saturated rings. The van der Waals surface area contributed by atoms with Crippen molar-refractivity contribution < 1.29 is 19.5 Å². The zero-order valence-electron chi connectivity index (χ0n) is 12.3. The van der Waals surface area contributed by atoms with Crippen molar-refractivity contribution in [2.45, 2.75) is 45.7 Å². The second-order valence-electron chi connectivity index (χ2n) is 5.27. The molecular formula is C13H23N3O4. The van der Waals surface area contributed by atoms with E-state index in [0.717, 1.165) is 12.8 Å². The van der Waals surface area contributed by atoms with E-state index in [1.165, 1.54) is 9.80 Å². The van der Waals surface area contributed by atoms with Crippen LogP contribution in [0.5, 0.6) is 0 Å². The van der Waals surface area contributed by atoms with Crippen molar-refractivity contribution in [3.05, 3.63) is 0 Å². The summed E-state index contributed by atoms with van der Waals surface area (Å²) in [5.41, 5.74) is 0. The lowest BCUT2D eigenvalue weighted by molar-refractivity contribution is -0.137. The number of carbonyl (C=O) groups is 3. The largest absolute Gasteiger partial charge is 0.480 e. The molecule has 114 valence electrons. The molecule has 0 aliphatic heterocycles. The Morgan fingerprint density at radius 3 is 2.25 bits per heavy atom. The number of aliphatic carboxylic acids is 1. The van der Waals surface area contributed by atoms with Gasteiger partial charge in [0.05, 0.1) is 0 Å². The number of hydrogen-bond donors (Lipinski definition) is 2. The smallest absolute Gasteiger partial charge is 0.323 e. The molecule has 0 spiro atoms. The van der Waals surface area contributed by atoms with E-state index < -0.39 is 5.97 Å². The second kappa shape index (κ2) is 7.12. The molecule has 3 amide bonds. The maximum absolute atomic E-state index is 12.3. The van der Waals surface area contributed by atoms with E-state index in [0.29, 0.717) is 6.54 Å². The molecule has 0 unspecified atom stereocenters. The highest BCUT2D eigenvalue weighted by Gasteiger charge is 2.36. The fourth-order valence-corrected chi connectivity index (χ4v) is 1.92. The number of urea groups is 1. The maximum Gasteiger partial charge on any atom is 0.323 e. The monoisotopic (exact) mass is 285 g/mol. The van der Waals surface area contributed by atoms with Gasteiger partial charge in [0.15, 0.2) is 0 Å². The number of carboxylic acids is 1. The fraction of sp³-hybridized carbons (Fsp3) is 0.769. The van der Waals surface area contributed by atoms with Crippen LogP contribution in [0.2, 0.25) is 0 Å². The minimum Gasteiger partial charge on any atom is -0.480 e. The Kier molecular flexibility index (Phi) is 5.79. The van der Waals surface area contributed by atoms with Crippen LogP contribution >= 0.6 is 0 Å². The van der Waals surface area contributed by atoms with Crippen molar-refractivity contribution in [3.63, 3.8) is 0 Å². The maximum atomic E-state index is 12.3. The summed E-state index contributed by atoms with van der Waals surface area (Å²) >= 11 is 0. The molecule has 1 rings (SSSR count). The van der Waals surface area contributed by atoms with Crippen LogP contribution in [0.4, 0.5) is 4.79 Å². The Morgan fingerprint density at radius 2 is 1.85 bits per heavy atom. The van der Waals surface area contributed by atoms with Gasteiger partial charge in [0.2, 0.25) is 5.91 Å². The number of likely N-dealkylation sites (N-methyl/N-ethyl adjacent to an activating group) is 1. The average Bonchev–Trinajstić information content (AvgIpc) is 3.15. The zero-order chi connectivity index (χ0) is 15.3. The summed E-state index contributed by atoms with van der Waals surface area (Å²) in [7, 11) is 0. The van der Waals surface area contributed by atoms with Gasteiger partial charge in [-0.25, -0.2) is 4.79 Å². The molecular weight excluding hydrogens is 262 g/mol. The van der Waals surface area contributed by atoms with Gasteiger partial charge in [-0.05, 0) is 33.6 Å². The second-order valence-corrected chi connectivity index (χ2v) is 5.27. The normalized spacial score (nSPS) is 14.0. The van der Waals surface area contributed by atoms with E-state index in [9.17, 15) is 14.4 Å². The molecule has 0 bridgehead atoms. The number of amides is 3. The SMILES string of the molecule is CCN(CC(=O)NC(C)C)C(=O)N(CC(=O)O)C1CC1. The van der Waals surface area contributed by atoms with Crippen LogP contribution in [0.15, 0.2) is 0 Å². The summed E-state index contributed by atoms with van der Waals surface area (Å²) in [5, 5.41) is 11.6. The molecule has 0 aromatic carbocycles. The van der Waals surface area contributed by atoms with Crippen LogP contribution in [0.1, 0.15) is 33.6 Å². The van der Waals surface area contributed by atoms with Crippen LogP contribution in [0.3, 0.4) is 0 Å². The lowest BCUT2D eigenvalue weighted by Crippen LogP contribution is -2.50. The molecule has 7 nitrogen and oxygen atoms in total. The molecule has 0 aromatic rings. The van der Waals surface area contributed by atoms with Crippen LogP contribution < -0.4 is 5.32 Å². The standard InChI is InChI=1S/C13H23N3O4/c1-4-15(7-11(17)14-9(2)3)13(20)16(8-12(18)19)10-5-6-10/h9-10H,4-8H2,1-3H3,(H,14,17)(H,18,19). The van der Waals surface area contributed by atoms with Gasteiger partial charge in [-0.3, -0.25) is 9.59 Å². The fourth-order valence-electron chi connectivity index (χ4n) is 1.92. The summed E-state index contributed by atoms with van der Waals surface area (Å²) in [6.45, 7) is 5.47. The van der Waals surface area contributed by atoms with Gasteiger partial charge in [0.1, 0.15) is 13.1 Å². The molecule has 1 aliphatic carbocycles. The van der Waals surface area contributed by atoms with Crippen molar-refractivity contribution in [1.82, 2.24) is 15.1 Å². The number of hydrogen-bond acceptors (Lipinski definition) is 3. The van der Waals surface area contributed by atoms with Gasteiger partial charge in [-0.2, -0.15) is 0 Å². The Hall–Kier alpha value is -1.79. The molecule has 20 heavy (non-hydrogen) atoms. The van der Waals surface area contributed by atoms with Gasteiger partial charge in [0, 0.05) is 18.6 Å². The van der Waals surface area contributed by atoms with Crippen molar-refractivity contribution in [1.29, 1.82) is 0 Å². The van der Waals surface area contributed by atoms with Crippen molar-refractivity contribution in [3.8, 4) is 0 Å². The summed E-state index contributed by atoms with van der Waals surface area (Å²) in [6, 6.07) is -0.369. The Balaban J connectivity index is 2.63. The van der Waals surface area contributed by atoms with Gasteiger partial charge in [0.25, 0.3) is 0 Å². The Morgan fingerprint density at radius 1 is 1.25 bits per heavy atom. The molecule has 0 heterocycles. The molecule has 7 heteroatoms. The lowest BCUT2D eigenvalue weighted by atomic mass is 10.3. The summed E-state index contributed by atoms with van der Waals surface area (Å²) < 4.78 is 0.